The summed E-state index contributed by atoms with van der Waals surface area (Å²) >= 11 is 0. The molecule has 38 heavy (non-hydrogen) atoms. The fourth-order valence-corrected chi connectivity index (χ4v) is 3.94. The minimum absolute atomic E-state index is 0.155. The first-order chi connectivity index (χ1) is 18.6. The van der Waals surface area contributed by atoms with Gasteiger partial charge in [0, 0.05) is 43.0 Å². The number of nitrogens with two attached hydrogens (primary N) is 1. The molecular formula is C25H20N10O3. The predicted molar refractivity (Wildman–Crippen MR) is 137 cm³/mol. The number of aromatic nitrogens is 8. The van der Waals surface area contributed by atoms with E-state index in [-0.39, 0.29) is 11.7 Å². The number of fused-ring (bicyclic) bond motifs is 1. The van der Waals surface area contributed by atoms with Gasteiger partial charge < -0.3 is 20.4 Å². The molecule has 0 atom stereocenters. The van der Waals surface area contributed by atoms with Crippen LogP contribution in [0.15, 0.2) is 77.9 Å². The van der Waals surface area contributed by atoms with Gasteiger partial charge in [-0.05, 0) is 47.6 Å². The second kappa shape index (κ2) is 9.46. The van der Waals surface area contributed by atoms with E-state index in [0.717, 1.165) is 5.52 Å². The van der Waals surface area contributed by atoms with Crippen LogP contribution < -0.4 is 15.8 Å². The number of hydrogen-bond donors (Lipinski definition) is 2. The van der Waals surface area contributed by atoms with Crippen LogP contribution in [0.5, 0.6) is 11.6 Å². The Morgan fingerprint density at radius 3 is 2.76 bits per heavy atom. The van der Waals surface area contributed by atoms with Crippen molar-refractivity contribution < 1.29 is 14.2 Å². The van der Waals surface area contributed by atoms with Gasteiger partial charge in [-0.2, -0.15) is 5.10 Å². The van der Waals surface area contributed by atoms with Crippen molar-refractivity contribution in [3.05, 3.63) is 78.9 Å². The molecule has 13 nitrogen and oxygen atoms in total. The molecule has 0 radical (unpaired) electrons. The summed E-state index contributed by atoms with van der Waals surface area (Å²) in [6.07, 6.45) is 6.54. The average molecular weight is 509 g/mol. The summed E-state index contributed by atoms with van der Waals surface area (Å²) in [5.41, 5.74) is 8.62. The number of imidazole rings is 1. The lowest BCUT2D eigenvalue weighted by Crippen LogP contribution is -2.12. The van der Waals surface area contributed by atoms with Crippen LogP contribution in [0.25, 0.3) is 28.4 Å². The maximum Gasteiger partial charge on any atom is 0.257 e. The van der Waals surface area contributed by atoms with E-state index >= 15 is 0 Å². The summed E-state index contributed by atoms with van der Waals surface area (Å²) in [6, 6.07) is 14.0. The third-order valence-corrected chi connectivity index (χ3v) is 5.71. The summed E-state index contributed by atoms with van der Waals surface area (Å²) in [4.78, 5) is 26.0. The highest BCUT2D eigenvalue weighted by Crippen LogP contribution is 2.30. The first-order valence-electron chi connectivity index (χ1n) is 11.6. The molecule has 0 fully saturated rings. The Bertz CT molecular complexity index is 1740. The van der Waals surface area contributed by atoms with Gasteiger partial charge in [0.2, 0.25) is 5.88 Å². The van der Waals surface area contributed by atoms with Crippen LogP contribution in [0.3, 0.4) is 0 Å². The Hall–Kier alpha value is -5.59. The molecule has 0 aliphatic carbocycles. The molecule has 0 unspecified atom stereocenters. The fraction of sp³-hybridized carbons (Fsp3) is 0.0800. The van der Waals surface area contributed by atoms with Crippen molar-refractivity contribution in [1.29, 1.82) is 0 Å². The summed E-state index contributed by atoms with van der Waals surface area (Å²) < 4.78 is 14.3. The van der Waals surface area contributed by atoms with Crippen molar-refractivity contribution in [2.24, 2.45) is 0 Å². The van der Waals surface area contributed by atoms with Gasteiger partial charge in [0.1, 0.15) is 11.3 Å². The molecular weight excluding hydrogens is 488 g/mol. The number of benzene rings is 1. The standard InChI is InChI=1S/C25H20N10O3/c1-2-34-19-12-21(28-14-18(19)31-24(34)22-23(26)33-38-32-22)37-17-6-3-5-16(11-17)30-25(36)15-7-8-20(27-13-15)35-10-4-9-29-35/h3-14H,2H2,1H3,(H2,26,33)(H,30,36). The molecule has 0 aliphatic heterocycles. The molecule has 3 N–H and O–H groups in total. The third kappa shape index (κ3) is 4.28. The number of ether oxygens (including phenoxy) is 1. The molecule has 0 spiro atoms. The van der Waals surface area contributed by atoms with Crippen molar-refractivity contribution in [3.63, 3.8) is 0 Å². The maximum atomic E-state index is 12.8. The van der Waals surface area contributed by atoms with E-state index in [4.69, 9.17) is 15.1 Å². The van der Waals surface area contributed by atoms with Crippen LogP contribution in [0.2, 0.25) is 0 Å². The zero-order valence-electron chi connectivity index (χ0n) is 20.0. The lowest BCUT2D eigenvalue weighted by atomic mass is 10.2. The molecule has 0 bridgehead atoms. The number of hydrogen-bond acceptors (Lipinski definition) is 10. The SMILES string of the molecule is CCn1c(-c2nonc2N)nc2cnc(Oc3cccc(NC(=O)c4ccc(-n5cccn5)nc4)c3)cc21. The molecule has 6 aromatic rings. The quantitative estimate of drug-likeness (QED) is 0.325. The number of amides is 1. The number of aryl methyl sites for hydroxylation is 1. The van der Waals surface area contributed by atoms with Gasteiger partial charge in [-0.25, -0.2) is 24.3 Å². The molecule has 0 saturated carbocycles. The van der Waals surface area contributed by atoms with Crippen LogP contribution in [0, 0.1) is 0 Å². The lowest BCUT2D eigenvalue weighted by molar-refractivity contribution is 0.102. The first kappa shape index (κ1) is 22.8. The second-order valence-electron chi connectivity index (χ2n) is 8.13. The van der Waals surface area contributed by atoms with Gasteiger partial charge in [-0.1, -0.05) is 6.07 Å². The number of nitrogens with zero attached hydrogens (tertiary/aromatic N) is 8. The first-order valence-corrected chi connectivity index (χ1v) is 11.6. The van der Waals surface area contributed by atoms with Crippen molar-refractivity contribution >= 4 is 28.4 Å². The maximum absolute atomic E-state index is 12.8. The summed E-state index contributed by atoms with van der Waals surface area (Å²) in [6.45, 7) is 2.57. The number of carbonyl (C=O) groups excluding carboxylic acids is 1. The molecule has 13 heteroatoms. The van der Waals surface area contributed by atoms with Gasteiger partial charge in [-0.15, -0.1) is 0 Å². The van der Waals surface area contributed by atoms with Gasteiger partial charge >= 0.3 is 0 Å². The summed E-state index contributed by atoms with van der Waals surface area (Å²) in [5, 5.41) is 14.5. The minimum Gasteiger partial charge on any atom is -0.439 e. The van der Waals surface area contributed by atoms with E-state index in [0.29, 0.717) is 52.3 Å². The Morgan fingerprint density at radius 2 is 2.03 bits per heavy atom. The van der Waals surface area contributed by atoms with Gasteiger partial charge in [0.15, 0.2) is 23.2 Å². The van der Waals surface area contributed by atoms with Crippen LogP contribution in [-0.4, -0.2) is 45.5 Å². The number of nitrogens with one attached hydrogen (secondary N) is 1. The van der Waals surface area contributed by atoms with Crippen LogP contribution in [0.4, 0.5) is 11.5 Å². The smallest absolute Gasteiger partial charge is 0.257 e. The fourth-order valence-electron chi connectivity index (χ4n) is 3.94. The normalized spacial score (nSPS) is 11.1. The van der Waals surface area contributed by atoms with Gasteiger partial charge in [0.05, 0.1) is 17.3 Å². The Morgan fingerprint density at radius 1 is 1.11 bits per heavy atom. The molecule has 0 saturated heterocycles. The second-order valence-corrected chi connectivity index (χ2v) is 8.13. The largest absolute Gasteiger partial charge is 0.439 e. The zero-order valence-corrected chi connectivity index (χ0v) is 20.0. The Kier molecular flexibility index (Phi) is 5.69. The number of anilines is 2. The topological polar surface area (TPSA) is 165 Å². The van der Waals surface area contributed by atoms with E-state index < -0.39 is 0 Å². The molecule has 6 rings (SSSR count). The zero-order chi connectivity index (χ0) is 26.1. The van der Waals surface area contributed by atoms with E-state index in [1.54, 1.807) is 71.8 Å². The number of rotatable bonds is 7. The highest BCUT2D eigenvalue weighted by molar-refractivity contribution is 6.04. The Labute approximate surface area is 214 Å². The van der Waals surface area contributed by atoms with Crippen LogP contribution >= 0.6 is 0 Å². The molecule has 0 aliphatic rings. The average Bonchev–Trinajstić information content (AvgIpc) is 3.69. The summed E-state index contributed by atoms with van der Waals surface area (Å²) in [7, 11) is 0. The van der Waals surface area contributed by atoms with E-state index in [2.05, 4.69) is 35.7 Å². The van der Waals surface area contributed by atoms with Gasteiger partial charge in [0.25, 0.3) is 5.91 Å². The molecule has 188 valence electrons. The highest BCUT2D eigenvalue weighted by atomic mass is 16.6. The van der Waals surface area contributed by atoms with Crippen molar-refractivity contribution in [1.82, 2.24) is 39.6 Å². The van der Waals surface area contributed by atoms with Crippen LogP contribution in [-0.2, 0) is 6.54 Å². The van der Waals surface area contributed by atoms with Crippen LogP contribution in [0.1, 0.15) is 17.3 Å². The third-order valence-electron chi connectivity index (χ3n) is 5.71. The van der Waals surface area contributed by atoms with Gasteiger partial charge in [-0.3, -0.25) is 4.79 Å². The minimum atomic E-state index is -0.304. The van der Waals surface area contributed by atoms with Crippen molar-refractivity contribution in [3.8, 4) is 29.0 Å². The lowest BCUT2D eigenvalue weighted by Gasteiger charge is -2.09. The molecule has 1 aromatic carbocycles. The van der Waals surface area contributed by atoms with E-state index in [1.807, 2.05) is 11.5 Å². The van der Waals surface area contributed by atoms with Crippen molar-refractivity contribution in [2.45, 2.75) is 13.5 Å². The predicted octanol–water partition coefficient (Wildman–Crippen LogP) is 3.71. The molecule has 5 heterocycles. The monoisotopic (exact) mass is 508 g/mol. The summed E-state index contributed by atoms with van der Waals surface area (Å²) in [5.74, 6) is 1.84. The molecule has 5 aromatic heterocycles. The Balaban J connectivity index is 1.20. The number of nitrogen functional groups attached to an aromatic ring is 1. The number of pyridine rings is 2. The molecule has 1 amide bonds. The van der Waals surface area contributed by atoms with E-state index in [1.165, 1.54) is 6.20 Å². The number of carbonyl (C=O) groups is 1. The highest BCUT2D eigenvalue weighted by Gasteiger charge is 2.19. The van der Waals surface area contributed by atoms with Crippen molar-refractivity contribution in [2.75, 3.05) is 11.1 Å². The van der Waals surface area contributed by atoms with E-state index in [9.17, 15) is 4.79 Å².